The highest BCUT2D eigenvalue weighted by atomic mass is 32.1. The fourth-order valence-corrected chi connectivity index (χ4v) is 2.98. The van der Waals surface area contributed by atoms with Gasteiger partial charge in [-0.1, -0.05) is 0 Å². The number of carbonyl (C=O) groups is 4. The van der Waals surface area contributed by atoms with E-state index in [9.17, 15) is 29.4 Å². The number of hydrogen-bond acceptors (Lipinski definition) is 9. The van der Waals surface area contributed by atoms with E-state index >= 15 is 0 Å². The molecular formula is C19H38N10O6S. The Kier molecular flexibility index (Phi) is 15.6. The lowest BCUT2D eigenvalue weighted by Gasteiger charge is -2.26. The molecule has 5 atom stereocenters. The maximum atomic E-state index is 12.9. The standard InChI is InChI=1S/C19H38N10O6S/c1-9(30)13(29-14(31)10(20)8-36)16(33)27-11(4-2-6-25-18(21)22)15(32)28-12(17(34)35)5-3-7-26-19(23)24/h9-13,30,36H,2-8,20H2,1H3,(H,27,33)(H,28,32)(H,29,31)(H,34,35)(H4,21,22,25)(H4,23,24,26). The van der Waals surface area contributed by atoms with Crippen molar-refractivity contribution in [2.45, 2.75) is 62.9 Å². The van der Waals surface area contributed by atoms with Gasteiger partial charge in [0.1, 0.15) is 18.1 Å². The number of hydrogen-bond donors (Lipinski definition) is 11. The lowest BCUT2D eigenvalue weighted by molar-refractivity contribution is -0.142. The maximum Gasteiger partial charge on any atom is 0.326 e. The minimum absolute atomic E-state index is 0.00440. The number of aliphatic hydroxyl groups excluding tert-OH is 1. The molecule has 0 fully saturated rings. The summed E-state index contributed by atoms with van der Waals surface area (Å²) >= 11 is 3.92. The molecule has 36 heavy (non-hydrogen) atoms. The van der Waals surface area contributed by atoms with Gasteiger partial charge in [-0.3, -0.25) is 24.4 Å². The largest absolute Gasteiger partial charge is 0.480 e. The Hall–Kier alpha value is -3.31. The number of carboxylic acids is 1. The predicted octanol–water partition coefficient (Wildman–Crippen LogP) is -4.73. The number of aliphatic carboxylic acids is 1. The van der Waals surface area contributed by atoms with Gasteiger partial charge in [-0.25, -0.2) is 4.79 Å². The second-order valence-corrected chi connectivity index (χ2v) is 8.24. The van der Waals surface area contributed by atoms with Crippen molar-refractivity contribution < 1.29 is 29.4 Å². The molecule has 0 saturated carbocycles. The second kappa shape index (κ2) is 17.2. The number of rotatable bonds is 17. The molecule has 0 aliphatic carbocycles. The van der Waals surface area contributed by atoms with Crippen molar-refractivity contribution in [3.63, 3.8) is 0 Å². The number of nitrogens with one attached hydrogen (secondary N) is 3. The van der Waals surface area contributed by atoms with Gasteiger partial charge in [0.2, 0.25) is 17.7 Å². The Bertz CT molecular complexity index is 802. The first kappa shape index (κ1) is 32.7. The summed E-state index contributed by atoms with van der Waals surface area (Å²) in [5.41, 5.74) is 26.6. The molecule has 0 aliphatic rings. The van der Waals surface area contributed by atoms with Crippen molar-refractivity contribution in [2.24, 2.45) is 38.7 Å². The van der Waals surface area contributed by atoms with Crippen molar-refractivity contribution in [2.75, 3.05) is 18.8 Å². The molecule has 16 nitrogen and oxygen atoms in total. The fraction of sp³-hybridized carbons (Fsp3) is 0.684. The smallest absolute Gasteiger partial charge is 0.326 e. The van der Waals surface area contributed by atoms with E-state index in [1.165, 1.54) is 6.92 Å². The van der Waals surface area contributed by atoms with E-state index in [1.54, 1.807) is 0 Å². The lowest BCUT2D eigenvalue weighted by atomic mass is 10.1. The van der Waals surface area contributed by atoms with Gasteiger partial charge in [-0.05, 0) is 32.6 Å². The quantitative estimate of drug-likeness (QED) is 0.0364. The molecule has 0 aromatic rings. The molecule has 0 rings (SSSR count). The molecule has 0 aromatic heterocycles. The number of carbonyl (C=O) groups excluding carboxylic acids is 3. The Morgan fingerprint density at radius 1 is 0.833 bits per heavy atom. The van der Waals surface area contributed by atoms with Crippen molar-refractivity contribution in [3.05, 3.63) is 0 Å². The van der Waals surface area contributed by atoms with Gasteiger partial charge in [0, 0.05) is 18.8 Å². The normalized spacial score (nSPS) is 14.8. The lowest BCUT2D eigenvalue weighted by Crippen LogP contribution is -2.60. The molecule has 17 heteroatoms. The number of nitrogens with zero attached hydrogens (tertiary/aromatic N) is 2. The summed E-state index contributed by atoms with van der Waals surface area (Å²) in [6, 6.07) is -4.99. The monoisotopic (exact) mass is 534 g/mol. The van der Waals surface area contributed by atoms with Crippen LogP contribution in [-0.2, 0) is 19.2 Å². The third-order valence-electron chi connectivity index (χ3n) is 4.73. The van der Waals surface area contributed by atoms with E-state index in [0.717, 1.165) is 0 Å². The van der Waals surface area contributed by atoms with Crippen LogP contribution in [0.3, 0.4) is 0 Å². The number of guanidine groups is 2. The van der Waals surface area contributed by atoms with Gasteiger partial charge >= 0.3 is 5.97 Å². The Labute approximate surface area is 214 Å². The molecule has 206 valence electrons. The SMILES string of the molecule is CC(O)C(NC(=O)C(N)CS)C(=O)NC(CCCN=C(N)N)C(=O)NC(CCCN=C(N)N)C(=O)O. The summed E-state index contributed by atoms with van der Waals surface area (Å²) in [6.45, 7) is 1.56. The highest BCUT2D eigenvalue weighted by Crippen LogP contribution is 2.05. The molecule has 0 aliphatic heterocycles. The van der Waals surface area contributed by atoms with Gasteiger partial charge in [-0.2, -0.15) is 12.6 Å². The number of aliphatic imine (C=N–C) groups is 2. The highest BCUT2D eigenvalue weighted by molar-refractivity contribution is 7.80. The van der Waals surface area contributed by atoms with Crippen LogP contribution in [-0.4, -0.2) is 94.9 Å². The summed E-state index contributed by atoms with van der Waals surface area (Å²) in [5.74, 6) is -4.03. The number of carboxylic acid groups (broad SMARTS) is 1. The van der Waals surface area contributed by atoms with Crippen LogP contribution >= 0.6 is 12.6 Å². The minimum atomic E-state index is -1.44. The summed E-state index contributed by atoms with van der Waals surface area (Å²) in [6.07, 6.45) is -0.799. The summed E-state index contributed by atoms with van der Waals surface area (Å²) in [5, 5.41) is 26.6. The van der Waals surface area contributed by atoms with Gasteiger partial charge < -0.3 is 54.8 Å². The maximum absolute atomic E-state index is 12.9. The molecular weight excluding hydrogens is 496 g/mol. The minimum Gasteiger partial charge on any atom is -0.480 e. The Balaban J connectivity index is 5.52. The van der Waals surface area contributed by atoms with Crippen LogP contribution in [0.1, 0.15) is 32.6 Å². The molecule has 0 heterocycles. The molecule has 15 N–H and O–H groups in total. The van der Waals surface area contributed by atoms with Crippen LogP contribution in [0.2, 0.25) is 0 Å². The fourth-order valence-electron chi connectivity index (χ4n) is 2.82. The number of amides is 3. The molecule has 5 unspecified atom stereocenters. The first-order valence-corrected chi connectivity index (χ1v) is 11.7. The van der Waals surface area contributed by atoms with Crippen LogP contribution in [0.25, 0.3) is 0 Å². The average molecular weight is 535 g/mol. The van der Waals surface area contributed by atoms with Gasteiger partial charge in [0.15, 0.2) is 11.9 Å². The van der Waals surface area contributed by atoms with E-state index in [0.29, 0.717) is 0 Å². The van der Waals surface area contributed by atoms with E-state index < -0.39 is 54.0 Å². The molecule has 3 amide bonds. The zero-order valence-electron chi connectivity index (χ0n) is 20.1. The van der Waals surface area contributed by atoms with Gasteiger partial charge in [-0.15, -0.1) is 0 Å². The topological polar surface area (TPSA) is 300 Å². The van der Waals surface area contributed by atoms with E-state index in [4.69, 9.17) is 28.7 Å². The first-order valence-electron chi connectivity index (χ1n) is 11.1. The molecule has 0 aromatic carbocycles. The summed E-state index contributed by atoms with van der Waals surface area (Å²) in [7, 11) is 0. The highest BCUT2D eigenvalue weighted by Gasteiger charge is 2.32. The molecule has 0 radical (unpaired) electrons. The average Bonchev–Trinajstić information content (AvgIpc) is 2.79. The van der Waals surface area contributed by atoms with E-state index in [1.807, 2.05) is 0 Å². The van der Waals surface area contributed by atoms with Crippen molar-refractivity contribution in [1.82, 2.24) is 16.0 Å². The van der Waals surface area contributed by atoms with Crippen molar-refractivity contribution in [3.8, 4) is 0 Å². The van der Waals surface area contributed by atoms with Crippen LogP contribution in [0.4, 0.5) is 0 Å². The number of aliphatic hydroxyl groups is 1. The van der Waals surface area contributed by atoms with Crippen LogP contribution < -0.4 is 44.6 Å². The second-order valence-electron chi connectivity index (χ2n) is 7.87. The third kappa shape index (κ3) is 13.5. The zero-order chi connectivity index (χ0) is 27.8. The van der Waals surface area contributed by atoms with E-state index in [2.05, 4.69) is 38.6 Å². The summed E-state index contributed by atoms with van der Waals surface area (Å²) in [4.78, 5) is 57.0. The van der Waals surface area contributed by atoms with Crippen LogP contribution in [0.5, 0.6) is 0 Å². The van der Waals surface area contributed by atoms with Crippen LogP contribution in [0.15, 0.2) is 9.98 Å². The molecule has 0 bridgehead atoms. The first-order chi connectivity index (χ1) is 16.8. The van der Waals surface area contributed by atoms with Crippen molar-refractivity contribution in [1.29, 1.82) is 0 Å². The van der Waals surface area contributed by atoms with Crippen LogP contribution in [0, 0.1) is 0 Å². The van der Waals surface area contributed by atoms with Gasteiger partial charge in [0.25, 0.3) is 0 Å². The molecule has 0 spiro atoms. The Morgan fingerprint density at radius 3 is 1.72 bits per heavy atom. The Morgan fingerprint density at radius 2 is 1.31 bits per heavy atom. The predicted molar refractivity (Wildman–Crippen MR) is 137 cm³/mol. The summed E-state index contributed by atoms with van der Waals surface area (Å²) < 4.78 is 0. The molecule has 0 saturated heterocycles. The number of thiol groups is 1. The zero-order valence-corrected chi connectivity index (χ0v) is 21.0. The van der Waals surface area contributed by atoms with Gasteiger partial charge in [0.05, 0.1) is 12.1 Å². The van der Waals surface area contributed by atoms with Crippen molar-refractivity contribution >= 4 is 48.2 Å². The number of nitrogens with two attached hydrogens (primary N) is 5. The third-order valence-corrected chi connectivity index (χ3v) is 5.13. The van der Waals surface area contributed by atoms with E-state index in [-0.39, 0.29) is 56.4 Å².